The summed E-state index contributed by atoms with van der Waals surface area (Å²) in [6, 6.07) is 12.1. The molecule has 6 heteroatoms. The third-order valence-electron chi connectivity index (χ3n) is 3.66. The van der Waals surface area contributed by atoms with Gasteiger partial charge in [0.1, 0.15) is 0 Å². The number of anilines is 2. The zero-order valence-corrected chi connectivity index (χ0v) is 14.8. The highest BCUT2D eigenvalue weighted by atomic mass is 16.5. The standard InChI is InChI=1S/C20H20N2O4/c1-13-17(20(25)26-3)5-4-6-18(13)22-19(24)12-9-15-7-10-16(11-8-15)21-14(2)23/h4-12H,1-3H3,(H,21,23)(H,22,24)/b12-9+. The number of rotatable bonds is 5. The summed E-state index contributed by atoms with van der Waals surface area (Å²) in [7, 11) is 1.31. The number of carbonyl (C=O) groups is 3. The predicted octanol–water partition coefficient (Wildman–Crippen LogP) is 3.39. The lowest BCUT2D eigenvalue weighted by Crippen LogP contribution is -2.11. The first-order valence-electron chi connectivity index (χ1n) is 7.95. The van der Waals surface area contributed by atoms with Crippen LogP contribution in [0.2, 0.25) is 0 Å². The van der Waals surface area contributed by atoms with Crippen LogP contribution < -0.4 is 10.6 Å². The summed E-state index contributed by atoms with van der Waals surface area (Å²) in [6.07, 6.45) is 3.06. The Morgan fingerprint density at radius 3 is 2.31 bits per heavy atom. The van der Waals surface area contributed by atoms with Gasteiger partial charge in [0.2, 0.25) is 11.8 Å². The number of esters is 1. The van der Waals surface area contributed by atoms with Crippen LogP contribution in [-0.2, 0) is 14.3 Å². The molecule has 2 N–H and O–H groups in total. The van der Waals surface area contributed by atoms with Crippen molar-refractivity contribution in [1.82, 2.24) is 0 Å². The van der Waals surface area contributed by atoms with E-state index in [0.29, 0.717) is 22.5 Å². The molecule has 0 heterocycles. The number of hydrogen-bond acceptors (Lipinski definition) is 4. The van der Waals surface area contributed by atoms with Crippen molar-refractivity contribution >= 4 is 35.2 Å². The lowest BCUT2D eigenvalue weighted by molar-refractivity contribution is -0.114. The van der Waals surface area contributed by atoms with Gasteiger partial charge in [-0.05, 0) is 48.4 Å². The molecule has 0 radical (unpaired) electrons. The number of ether oxygens (including phenoxy) is 1. The lowest BCUT2D eigenvalue weighted by Gasteiger charge is -2.10. The number of nitrogens with one attached hydrogen (secondary N) is 2. The minimum atomic E-state index is -0.451. The molecule has 0 bridgehead atoms. The van der Waals surface area contributed by atoms with Crippen molar-refractivity contribution in [2.24, 2.45) is 0 Å². The quantitative estimate of drug-likeness (QED) is 0.638. The molecule has 0 aliphatic heterocycles. The van der Waals surface area contributed by atoms with E-state index >= 15 is 0 Å². The van der Waals surface area contributed by atoms with Gasteiger partial charge < -0.3 is 15.4 Å². The van der Waals surface area contributed by atoms with E-state index in [9.17, 15) is 14.4 Å². The second kappa shape index (κ2) is 8.62. The van der Waals surface area contributed by atoms with Gasteiger partial charge in [0.25, 0.3) is 0 Å². The normalized spacial score (nSPS) is 10.4. The third-order valence-corrected chi connectivity index (χ3v) is 3.66. The van der Waals surface area contributed by atoms with Gasteiger partial charge in [0.05, 0.1) is 12.7 Å². The second-order valence-electron chi connectivity index (χ2n) is 5.60. The molecule has 26 heavy (non-hydrogen) atoms. The molecular formula is C20H20N2O4. The van der Waals surface area contributed by atoms with Crippen LogP contribution in [0.3, 0.4) is 0 Å². The fraction of sp³-hybridized carbons (Fsp3) is 0.150. The summed E-state index contributed by atoms with van der Waals surface area (Å²) in [5.41, 5.74) is 3.09. The highest BCUT2D eigenvalue weighted by Crippen LogP contribution is 2.20. The summed E-state index contributed by atoms with van der Waals surface area (Å²) in [5, 5.41) is 5.42. The highest BCUT2D eigenvalue weighted by Gasteiger charge is 2.12. The molecule has 0 atom stereocenters. The van der Waals surface area contributed by atoms with Crippen molar-refractivity contribution in [3.05, 3.63) is 65.2 Å². The maximum Gasteiger partial charge on any atom is 0.338 e. The summed E-state index contributed by atoms with van der Waals surface area (Å²) in [6.45, 7) is 3.18. The molecule has 0 saturated carbocycles. The number of methoxy groups -OCH3 is 1. The van der Waals surface area contributed by atoms with Crippen LogP contribution in [0, 0.1) is 6.92 Å². The molecule has 0 spiro atoms. The van der Waals surface area contributed by atoms with Gasteiger partial charge in [-0.1, -0.05) is 18.2 Å². The van der Waals surface area contributed by atoms with Gasteiger partial charge in [0, 0.05) is 24.4 Å². The van der Waals surface area contributed by atoms with Gasteiger partial charge >= 0.3 is 5.97 Å². The molecule has 2 rings (SSSR count). The summed E-state index contributed by atoms with van der Waals surface area (Å²) >= 11 is 0. The molecule has 0 aliphatic carbocycles. The smallest absolute Gasteiger partial charge is 0.338 e. The van der Waals surface area contributed by atoms with Crippen molar-refractivity contribution in [1.29, 1.82) is 0 Å². The molecule has 134 valence electrons. The average molecular weight is 352 g/mol. The molecule has 2 aromatic rings. The maximum absolute atomic E-state index is 12.1. The SMILES string of the molecule is COC(=O)c1cccc(NC(=O)/C=C/c2ccc(NC(C)=O)cc2)c1C. The Labute approximate surface area is 151 Å². The minimum absolute atomic E-state index is 0.141. The first-order valence-corrected chi connectivity index (χ1v) is 7.95. The predicted molar refractivity (Wildman–Crippen MR) is 101 cm³/mol. The van der Waals surface area contributed by atoms with E-state index in [2.05, 4.69) is 10.6 Å². The van der Waals surface area contributed by atoms with E-state index in [4.69, 9.17) is 4.74 Å². The maximum atomic E-state index is 12.1. The van der Waals surface area contributed by atoms with Crippen LogP contribution in [-0.4, -0.2) is 24.9 Å². The molecule has 2 aromatic carbocycles. The van der Waals surface area contributed by atoms with E-state index in [-0.39, 0.29) is 11.8 Å². The van der Waals surface area contributed by atoms with E-state index in [1.54, 1.807) is 55.5 Å². The number of hydrogen-bond donors (Lipinski definition) is 2. The fourth-order valence-corrected chi connectivity index (χ4v) is 2.33. The molecule has 2 amide bonds. The van der Waals surface area contributed by atoms with Gasteiger partial charge in [-0.2, -0.15) is 0 Å². The first kappa shape index (κ1) is 18.9. The molecule has 0 aliphatic rings. The van der Waals surface area contributed by atoms with Crippen molar-refractivity contribution < 1.29 is 19.1 Å². The lowest BCUT2D eigenvalue weighted by atomic mass is 10.1. The Morgan fingerprint density at radius 2 is 1.69 bits per heavy atom. The van der Waals surface area contributed by atoms with E-state index in [1.165, 1.54) is 20.1 Å². The Morgan fingerprint density at radius 1 is 1.00 bits per heavy atom. The van der Waals surface area contributed by atoms with Gasteiger partial charge in [0.15, 0.2) is 0 Å². The third kappa shape index (κ3) is 5.04. The van der Waals surface area contributed by atoms with Crippen LogP contribution in [0.1, 0.15) is 28.4 Å². The summed E-state index contributed by atoms with van der Waals surface area (Å²) in [4.78, 5) is 34.8. The van der Waals surface area contributed by atoms with Crippen molar-refractivity contribution in [3.8, 4) is 0 Å². The van der Waals surface area contributed by atoms with Crippen molar-refractivity contribution in [2.45, 2.75) is 13.8 Å². The number of amides is 2. The van der Waals surface area contributed by atoms with Crippen LogP contribution in [0.4, 0.5) is 11.4 Å². The summed E-state index contributed by atoms with van der Waals surface area (Å²) in [5.74, 6) is -0.910. The van der Waals surface area contributed by atoms with E-state index < -0.39 is 5.97 Å². The van der Waals surface area contributed by atoms with Crippen LogP contribution in [0.25, 0.3) is 6.08 Å². The average Bonchev–Trinajstić information content (AvgIpc) is 2.62. The Balaban J connectivity index is 2.05. The Hall–Kier alpha value is -3.41. The second-order valence-corrected chi connectivity index (χ2v) is 5.60. The Kier molecular flexibility index (Phi) is 6.27. The molecule has 0 unspecified atom stereocenters. The largest absolute Gasteiger partial charge is 0.465 e. The zero-order chi connectivity index (χ0) is 19.1. The van der Waals surface area contributed by atoms with Crippen molar-refractivity contribution in [2.75, 3.05) is 17.7 Å². The Bertz CT molecular complexity index is 855. The number of carbonyl (C=O) groups excluding carboxylic acids is 3. The van der Waals surface area contributed by atoms with Gasteiger partial charge in [-0.3, -0.25) is 9.59 Å². The van der Waals surface area contributed by atoms with E-state index in [0.717, 1.165) is 5.56 Å². The molecular weight excluding hydrogens is 332 g/mol. The topological polar surface area (TPSA) is 84.5 Å². The molecule has 0 fully saturated rings. The molecule has 0 saturated heterocycles. The van der Waals surface area contributed by atoms with Gasteiger partial charge in [-0.15, -0.1) is 0 Å². The summed E-state index contributed by atoms with van der Waals surface area (Å²) < 4.78 is 4.72. The highest BCUT2D eigenvalue weighted by molar-refractivity contribution is 6.03. The van der Waals surface area contributed by atoms with Gasteiger partial charge in [-0.25, -0.2) is 4.79 Å². The first-order chi connectivity index (χ1) is 12.4. The van der Waals surface area contributed by atoms with E-state index in [1.807, 2.05) is 0 Å². The monoisotopic (exact) mass is 352 g/mol. The van der Waals surface area contributed by atoms with Crippen molar-refractivity contribution in [3.63, 3.8) is 0 Å². The minimum Gasteiger partial charge on any atom is -0.465 e. The van der Waals surface area contributed by atoms with Crippen LogP contribution in [0.5, 0.6) is 0 Å². The van der Waals surface area contributed by atoms with Crippen LogP contribution >= 0.6 is 0 Å². The molecule has 0 aromatic heterocycles. The van der Waals surface area contributed by atoms with Crippen LogP contribution in [0.15, 0.2) is 48.5 Å². The molecule has 6 nitrogen and oxygen atoms in total. The fourth-order valence-electron chi connectivity index (χ4n) is 2.33. The number of benzene rings is 2. The zero-order valence-electron chi connectivity index (χ0n) is 14.8.